The van der Waals surface area contributed by atoms with E-state index in [1.54, 1.807) is 13.0 Å². The Morgan fingerprint density at radius 3 is 2.73 bits per heavy atom. The summed E-state index contributed by atoms with van der Waals surface area (Å²) < 4.78 is 40.2. The number of rotatable bonds is 5. The number of nitrogens with zero attached hydrogens (tertiary/aromatic N) is 2. The molecule has 9 heteroatoms. The minimum Gasteiger partial charge on any atom is -0.508 e. The molecule has 1 fully saturated rings. The molecule has 37 heavy (non-hydrogen) atoms. The topological polar surface area (TPSA) is 81.2 Å². The minimum absolute atomic E-state index is 0.0804. The van der Waals surface area contributed by atoms with Crippen LogP contribution in [0.15, 0.2) is 60.7 Å². The molecule has 0 saturated carbocycles. The summed E-state index contributed by atoms with van der Waals surface area (Å²) >= 11 is 0. The van der Waals surface area contributed by atoms with Crippen LogP contribution in [-0.4, -0.2) is 51.4 Å². The molecule has 1 amide bonds. The Hall–Kier alpha value is -4.29. The van der Waals surface area contributed by atoms with Gasteiger partial charge in [0.05, 0.1) is 25.7 Å². The molecule has 0 radical (unpaired) electrons. The average molecular weight is 505 g/mol. The number of pyridine rings is 1. The van der Waals surface area contributed by atoms with Crippen molar-refractivity contribution in [3.05, 3.63) is 94.7 Å². The summed E-state index contributed by atoms with van der Waals surface area (Å²) in [6, 6.07) is 15.2. The van der Waals surface area contributed by atoms with Crippen LogP contribution in [0.4, 0.5) is 13.2 Å². The number of aryl methyl sites for hydroxylation is 1. The third-order valence-electron chi connectivity index (χ3n) is 6.07. The number of para-hydroxylation sites is 1. The van der Waals surface area contributed by atoms with Gasteiger partial charge in [0.1, 0.15) is 17.3 Å². The fourth-order valence-electron chi connectivity index (χ4n) is 4.37. The number of fused-ring (bicyclic) bond motifs is 1. The van der Waals surface area contributed by atoms with E-state index in [0.29, 0.717) is 17.0 Å². The van der Waals surface area contributed by atoms with E-state index in [1.165, 1.54) is 23.1 Å². The number of alkyl halides is 2. The van der Waals surface area contributed by atoms with Gasteiger partial charge in [0.15, 0.2) is 0 Å². The molecule has 0 spiro atoms. The van der Waals surface area contributed by atoms with E-state index in [-0.39, 0.29) is 36.6 Å². The Bertz CT molecular complexity index is 1510. The maximum absolute atomic E-state index is 14.1. The molecule has 3 heterocycles. The van der Waals surface area contributed by atoms with E-state index in [1.807, 2.05) is 30.3 Å². The lowest BCUT2D eigenvalue weighted by Gasteiger charge is -2.37. The van der Waals surface area contributed by atoms with Gasteiger partial charge >= 0.3 is 0 Å². The average Bonchev–Trinajstić information content (AvgIpc) is 3.26. The number of carbonyl (C=O) groups excluding carboxylic acids is 1. The van der Waals surface area contributed by atoms with Crippen LogP contribution < -0.4 is 5.32 Å². The fourth-order valence-corrected chi connectivity index (χ4v) is 4.37. The first-order valence-corrected chi connectivity index (χ1v) is 11.6. The molecule has 1 unspecified atom stereocenters. The number of phenolic OH excluding ortho intramolecular Hbond substituents is 1. The van der Waals surface area contributed by atoms with Crippen molar-refractivity contribution in [2.24, 2.45) is 0 Å². The molecular weight excluding hydrogens is 481 g/mol. The molecule has 4 aromatic rings. The Morgan fingerprint density at radius 1 is 1.19 bits per heavy atom. The number of carbonyl (C=O) groups is 1. The second kappa shape index (κ2) is 9.64. The highest BCUT2D eigenvalue weighted by Crippen LogP contribution is 2.32. The molecule has 2 aromatic heterocycles. The quantitative estimate of drug-likeness (QED) is 0.349. The van der Waals surface area contributed by atoms with Gasteiger partial charge in [-0.25, -0.2) is 18.2 Å². The SMILES string of the molecule is Cc1cc(C#CCN2CC(F)(F)C2)cc(C(=O)NC(c2cc3ccccc3[nH]2)c2cc(F)ccc2O)n1. The summed E-state index contributed by atoms with van der Waals surface area (Å²) in [5, 5.41) is 14.2. The summed E-state index contributed by atoms with van der Waals surface area (Å²) in [4.78, 5) is 22.4. The number of hydrogen-bond acceptors (Lipinski definition) is 4. The van der Waals surface area contributed by atoms with Crippen LogP contribution in [-0.2, 0) is 0 Å². The third-order valence-corrected chi connectivity index (χ3v) is 6.07. The van der Waals surface area contributed by atoms with Gasteiger partial charge in [0, 0.05) is 28.0 Å². The van der Waals surface area contributed by atoms with Crippen molar-refractivity contribution in [2.45, 2.75) is 18.9 Å². The van der Waals surface area contributed by atoms with Crippen molar-refractivity contribution in [3.63, 3.8) is 0 Å². The molecule has 0 bridgehead atoms. The van der Waals surface area contributed by atoms with Crippen molar-refractivity contribution >= 4 is 16.8 Å². The summed E-state index contributed by atoms with van der Waals surface area (Å²) in [6.07, 6.45) is 0. The van der Waals surface area contributed by atoms with Gasteiger partial charge in [0.2, 0.25) is 0 Å². The maximum atomic E-state index is 14.1. The predicted octanol–water partition coefficient (Wildman–Crippen LogP) is 4.54. The van der Waals surface area contributed by atoms with E-state index in [2.05, 4.69) is 27.1 Å². The van der Waals surface area contributed by atoms with Crippen molar-refractivity contribution in [1.29, 1.82) is 0 Å². The maximum Gasteiger partial charge on any atom is 0.273 e. The summed E-state index contributed by atoms with van der Waals surface area (Å²) in [6.45, 7) is 1.28. The molecule has 1 aliphatic rings. The van der Waals surface area contributed by atoms with Crippen molar-refractivity contribution < 1.29 is 23.1 Å². The summed E-state index contributed by atoms with van der Waals surface area (Å²) in [7, 11) is 0. The number of halogens is 3. The van der Waals surface area contributed by atoms with Crippen LogP contribution in [0.25, 0.3) is 10.9 Å². The van der Waals surface area contributed by atoms with Crippen LogP contribution in [0, 0.1) is 24.6 Å². The number of phenols is 1. The predicted molar refractivity (Wildman–Crippen MR) is 133 cm³/mol. The van der Waals surface area contributed by atoms with Crippen LogP contribution in [0.2, 0.25) is 0 Å². The molecule has 5 rings (SSSR count). The molecule has 1 aliphatic heterocycles. The molecule has 1 atom stereocenters. The first kappa shape index (κ1) is 24.4. The summed E-state index contributed by atoms with van der Waals surface area (Å²) in [5.41, 5.74) is 2.69. The zero-order valence-electron chi connectivity index (χ0n) is 19.9. The number of H-pyrrole nitrogens is 1. The number of aromatic amines is 1. The van der Waals surface area contributed by atoms with Crippen LogP contribution in [0.1, 0.15) is 39.0 Å². The fraction of sp³-hybridized carbons (Fsp3) is 0.214. The van der Waals surface area contributed by atoms with E-state index >= 15 is 0 Å². The molecule has 1 saturated heterocycles. The van der Waals surface area contributed by atoms with Gasteiger partial charge < -0.3 is 15.4 Å². The van der Waals surface area contributed by atoms with Gasteiger partial charge in [0.25, 0.3) is 11.8 Å². The minimum atomic E-state index is -2.65. The Balaban J connectivity index is 1.43. The van der Waals surface area contributed by atoms with Crippen LogP contribution >= 0.6 is 0 Å². The highest BCUT2D eigenvalue weighted by atomic mass is 19.3. The number of nitrogens with one attached hydrogen (secondary N) is 2. The van der Waals surface area contributed by atoms with Crippen molar-refractivity contribution in [1.82, 2.24) is 20.2 Å². The number of aromatic hydroxyl groups is 1. The normalized spacial score (nSPS) is 15.5. The highest BCUT2D eigenvalue weighted by Gasteiger charge is 2.43. The smallest absolute Gasteiger partial charge is 0.273 e. The molecule has 3 N–H and O–H groups in total. The molecule has 188 valence electrons. The number of likely N-dealkylation sites (tertiary alicyclic amines) is 1. The van der Waals surface area contributed by atoms with Crippen molar-refractivity contribution in [3.8, 4) is 17.6 Å². The lowest BCUT2D eigenvalue weighted by atomic mass is 10.0. The first-order valence-electron chi connectivity index (χ1n) is 11.6. The van der Waals surface area contributed by atoms with Crippen LogP contribution in [0.5, 0.6) is 5.75 Å². The van der Waals surface area contributed by atoms with Gasteiger partial charge in [-0.2, -0.15) is 0 Å². The van der Waals surface area contributed by atoms with E-state index in [0.717, 1.165) is 17.0 Å². The van der Waals surface area contributed by atoms with E-state index < -0.39 is 23.7 Å². The van der Waals surface area contributed by atoms with Crippen LogP contribution in [0.3, 0.4) is 0 Å². The van der Waals surface area contributed by atoms with Gasteiger partial charge in [-0.1, -0.05) is 30.0 Å². The second-order valence-corrected chi connectivity index (χ2v) is 9.11. The lowest BCUT2D eigenvalue weighted by molar-refractivity contribution is -0.125. The lowest BCUT2D eigenvalue weighted by Crippen LogP contribution is -2.55. The summed E-state index contributed by atoms with van der Waals surface area (Å²) in [5.74, 6) is 1.82. The van der Waals surface area contributed by atoms with E-state index in [9.17, 15) is 23.1 Å². The molecule has 2 aromatic carbocycles. The third kappa shape index (κ3) is 5.44. The Morgan fingerprint density at radius 2 is 1.97 bits per heavy atom. The standard InChI is InChI=1S/C28H23F3N4O2/c1-17-11-18(5-4-10-35-15-28(30,31)16-35)12-24(32-17)27(37)34-26(21-14-20(29)8-9-25(21)36)23-13-19-6-2-3-7-22(19)33-23/h2-3,6-9,11-14,26,33,36H,10,15-16H2,1H3,(H,34,37). The molecule has 6 nitrogen and oxygen atoms in total. The largest absolute Gasteiger partial charge is 0.508 e. The van der Waals surface area contributed by atoms with Gasteiger partial charge in [-0.3, -0.25) is 9.69 Å². The zero-order chi connectivity index (χ0) is 26.2. The van der Waals surface area contributed by atoms with Gasteiger partial charge in [-0.05, 0) is 54.8 Å². The molecular formula is C28H23F3N4O2. The number of hydrogen-bond donors (Lipinski definition) is 3. The number of aromatic nitrogens is 2. The monoisotopic (exact) mass is 504 g/mol. The van der Waals surface area contributed by atoms with Gasteiger partial charge in [-0.15, -0.1) is 0 Å². The number of amides is 1. The second-order valence-electron chi connectivity index (χ2n) is 9.11. The highest BCUT2D eigenvalue weighted by molar-refractivity contribution is 5.93. The molecule has 0 aliphatic carbocycles. The van der Waals surface area contributed by atoms with E-state index in [4.69, 9.17) is 0 Å². The first-order chi connectivity index (χ1) is 17.7. The number of benzene rings is 2. The van der Waals surface area contributed by atoms with Crippen molar-refractivity contribution in [2.75, 3.05) is 19.6 Å². The Kier molecular flexibility index (Phi) is 6.36. The zero-order valence-corrected chi connectivity index (χ0v) is 19.9. The Labute approximate surface area is 211 Å².